The third kappa shape index (κ3) is 2.75. The van der Waals surface area contributed by atoms with Crippen LogP contribution in [0.15, 0.2) is 18.2 Å². The molecule has 1 amide bonds. The normalized spacial score (nSPS) is 16.8. The van der Waals surface area contributed by atoms with E-state index in [-0.39, 0.29) is 5.91 Å². The molecule has 0 aromatic carbocycles. The minimum absolute atomic E-state index is 0.383. The van der Waals surface area contributed by atoms with Crippen molar-refractivity contribution >= 4 is 27.5 Å². The van der Waals surface area contributed by atoms with Crippen LogP contribution in [0.25, 0.3) is 10.2 Å². The van der Waals surface area contributed by atoms with E-state index in [1.54, 1.807) is 0 Å². The van der Waals surface area contributed by atoms with E-state index in [0.717, 1.165) is 48.6 Å². The standard InChI is InChI=1S/C13H16N4OS/c14-12(18)11-7-9-1-2-10(16-13(9)19-11)8-17-5-3-15-4-6-17/h1-2,7,15H,3-6,8H2,(H2,14,18). The molecule has 0 spiro atoms. The van der Waals surface area contributed by atoms with Gasteiger partial charge in [0.05, 0.1) is 10.6 Å². The number of hydrogen-bond donors (Lipinski definition) is 2. The van der Waals surface area contributed by atoms with Gasteiger partial charge >= 0.3 is 0 Å². The lowest BCUT2D eigenvalue weighted by molar-refractivity contribution is 0.100. The maximum Gasteiger partial charge on any atom is 0.258 e. The average Bonchev–Trinajstić information content (AvgIpc) is 2.83. The molecule has 0 radical (unpaired) electrons. The Labute approximate surface area is 115 Å². The third-order valence-electron chi connectivity index (χ3n) is 3.28. The van der Waals surface area contributed by atoms with Crippen molar-refractivity contribution in [2.45, 2.75) is 6.54 Å². The van der Waals surface area contributed by atoms with Gasteiger partial charge in [0.25, 0.3) is 5.91 Å². The van der Waals surface area contributed by atoms with Gasteiger partial charge < -0.3 is 11.1 Å². The molecule has 3 rings (SSSR count). The summed E-state index contributed by atoms with van der Waals surface area (Å²) in [6.07, 6.45) is 0. The fraction of sp³-hybridized carbons (Fsp3) is 0.385. The molecule has 3 N–H and O–H groups in total. The van der Waals surface area contributed by atoms with Gasteiger partial charge in [-0.2, -0.15) is 0 Å². The van der Waals surface area contributed by atoms with Crippen LogP contribution in [-0.4, -0.2) is 42.0 Å². The summed E-state index contributed by atoms with van der Waals surface area (Å²) in [4.78, 5) is 19.6. The number of thiophene rings is 1. The third-order valence-corrected chi connectivity index (χ3v) is 4.34. The second kappa shape index (κ2) is 5.24. The van der Waals surface area contributed by atoms with Crippen molar-refractivity contribution in [2.24, 2.45) is 5.73 Å². The van der Waals surface area contributed by atoms with E-state index < -0.39 is 0 Å². The van der Waals surface area contributed by atoms with Crippen LogP contribution in [-0.2, 0) is 6.54 Å². The molecule has 0 aliphatic carbocycles. The number of nitrogens with zero attached hydrogens (tertiary/aromatic N) is 2. The number of nitrogens with two attached hydrogens (primary N) is 1. The van der Waals surface area contributed by atoms with Crippen LogP contribution in [0.4, 0.5) is 0 Å². The van der Waals surface area contributed by atoms with E-state index >= 15 is 0 Å². The molecule has 2 aromatic heterocycles. The number of pyridine rings is 1. The summed E-state index contributed by atoms with van der Waals surface area (Å²) in [5.41, 5.74) is 6.34. The minimum atomic E-state index is -0.383. The van der Waals surface area contributed by atoms with Crippen molar-refractivity contribution in [1.82, 2.24) is 15.2 Å². The highest BCUT2D eigenvalue weighted by molar-refractivity contribution is 7.20. The maximum atomic E-state index is 11.2. The number of hydrogen-bond acceptors (Lipinski definition) is 5. The van der Waals surface area contributed by atoms with Gasteiger partial charge in [0.15, 0.2) is 0 Å². The Balaban J connectivity index is 1.82. The molecule has 6 heteroatoms. The number of carbonyl (C=O) groups excluding carboxylic acids is 1. The monoisotopic (exact) mass is 276 g/mol. The first-order valence-electron chi connectivity index (χ1n) is 6.35. The number of primary amides is 1. The highest BCUT2D eigenvalue weighted by Gasteiger charge is 2.12. The average molecular weight is 276 g/mol. The first-order valence-corrected chi connectivity index (χ1v) is 7.16. The van der Waals surface area contributed by atoms with Gasteiger partial charge in [-0.15, -0.1) is 11.3 Å². The summed E-state index contributed by atoms with van der Waals surface area (Å²) < 4.78 is 0. The summed E-state index contributed by atoms with van der Waals surface area (Å²) in [5.74, 6) is -0.383. The van der Waals surface area contributed by atoms with Crippen LogP contribution in [0.2, 0.25) is 0 Å². The highest BCUT2D eigenvalue weighted by Crippen LogP contribution is 2.24. The van der Waals surface area contributed by atoms with Crippen LogP contribution in [0.3, 0.4) is 0 Å². The molecule has 0 unspecified atom stereocenters. The van der Waals surface area contributed by atoms with Crippen LogP contribution >= 0.6 is 11.3 Å². The fourth-order valence-corrected chi connectivity index (χ4v) is 3.17. The lowest BCUT2D eigenvalue weighted by Gasteiger charge is -2.26. The number of piperazine rings is 1. The number of rotatable bonds is 3. The zero-order valence-corrected chi connectivity index (χ0v) is 11.4. The van der Waals surface area contributed by atoms with Crippen molar-refractivity contribution in [1.29, 1.82) is 0 Å². The minimum Gasteiger partial charge on any atom is -0.365 e. The predicted molar refractivity (Wildman–Crippen MR) is 76.3 cm³/mol. The van der Waals surface area contributed by atoms with Gasteiger partial charge in [0.1, 0.15) is 4.83 Å². The Morgan fingerprint density at radius 2 is 2.21 bits per heavy atom. The van der Waals surface area contributed by atoms with Crippen molar-refractivity contribution in [3.8, 4) is 0 Å². The fourth-order valence-electron chi connectivity index (χ4n) is 2.26. The molecular weight excluding hydrogens is 260 g/mol. The Bertz CT molecular complexity index is 604. The number of carbonyl (C=O) groups is 1. The van der Waals surface area contributed by atoms with Crippen molar-refractivity contribution < 1.29 is 4.79 Å². The Morgan fingerprint density at radius 1 is 1.42 bits per heavy atom. The van der Waals surface area contributed by atoms with Gasteiger partial charge in [0, 0.05) is 38.1 Å². The van der Waals surface area contributed by atoms with E-state index in [9.17, 15) is 4.79 Å². The van der Waals surface area contributed by atoms with E-state index in [0.29, 0.717) is 4.88 Å². The lowest BCUT2D eigenvalue weighted by atomic mass is 10.2. The molecule has 1 aliphatic heterocycles. The van der Waals surface area contributed by atoms with Gasteiger partial charge in [-0.1, -0.05) is 6.07 Å². The molecule has 1 aliphatic rings. The maximum absolute atomic E-state index is 11.2. The Morgan fingerprint density at radius 3 is 2.95 bits per heavy atom. The topological polar surface area (TPSA) is 71.2 Å². The summed E-state index contributed by atoms with van der Waals surface area (Å²) in [7, 11) is 0. The molecule has 100 valence electrons. The van der Waals surface area contributed by atoms with E-state index in [2.05, 4.69) is 15.2 Å². The number of amides is 1. The summed E-state index contributed by atoms with van der Waals surface area (Å²) in [6, 6.07) is 5.86. The van der Waals surface area contributed by atoms with Crippen LogP contribution in [0, 0.1) is 0 Å². The smallest absolute Gasteiger partial charge is 0.258 e. The van der Waals surface area contributed by atoms with Gasteiger partial charge in [-0.05, 0) is 12.1 Å². The first-order chi connectivity index (χ1) is 9.22. The largest absolute Gasteiger partial charge is 0.365 e. The second-order valence-electron chi connectivity index (χ2n) is 4.70. The lowest BCUT2D eigenvalue weighted by Crippen LogP contribution is -2.43. The van der Waals surface area contributed by atoms with Crippen LogP contribution in [0.5, 0.6) is 0 Å². The quantitative estimate of drug-likeness (QED) is 0.870. The zero-order chi connectivity index (χ0) is 13.2. The van der Waals surface area contributed by atoms with Crippen molar-refractivity contribution in [2.75, 3.05) is 26.2 Å². The van der Waals surface area contributed by atoms with Crippen molar-refractivity contribution in [3.63, 3.8) is 0 Å². The molecule has 5 nitrogen and oxygen atoms in total. The Hall–Kier alpha value is -1.50. The molecule has 3 heterocycles. The van der Waals surface area contributed by atoms with Gasteiger partial charge in [-0.25, -0.2) is 4.98 Å². The van der Waals surface area contributed by atoms with Gasteiger partial charge in [-0.3, -0.25) is 9.69 Å². The molecule has 1 saturated heterocycles. The first kappa shape index (κ1) is 12.5. The van der Waals surface area contributed by atoms with Crippen molar-refractivity contribution in [3.05, 3.63) is 28.8 Å². The van der Waals surface area contributed by atoms with E-state index in [1.165, 1.54) is 11.3 Å². The highest BCUT2D eigenvalue weighted by atomic mass is 32.1. The molecule has 19 heavy (non-hydrogen) atoms. The zero-order valence-electron chi connectivity index (χ0n) is 10.6. The van der Waals surface area contributed by atoms with E-state index in [1.807, 2.05) is 18.2 Å². The number of nitrogens with one attached hydrogen (secondary N) is 1. The van der Waals surface area contributed by atoms with Crippen LogP contribution in [0.1, 0.15) is 15.4 Å². The number of aromatic nitrogens is 1. The summed E-state index contributed by atoms with van der Waals surface area (Å²) >= 11 is 1.37. The molecular formula is C13H16N4OS. The SMILES string of the molecule is NC(=O)c1cc2ccc(CN3CCNCC3)nc2s1. The van der Waals surface area contributed by atoms with Gasteiger partial charge in [0.2, 0.25) is 0 Å². The predicted octanol–water partition coefficient (Wildman–Crippen LogP) is 0.800. The van der Waals surface area contributed by atoms with Crippen LogP contribution < -0.4 is 11.1 Å². The molecule has 0 atom stereocenters. The van der Waals surface area contributed by atoms with E-state index in [4.69, 9.17) is 5.73 Å². The molecule has 0 saturated carbocycles. The molecule has 1 fully saturated rings. The summed E-state index contributed by atoms with van der Waals surface area (Å²) in [5, 5.41) is 4.32. The number of fused-ring (bicyclic) bond motifs is 1. The molecule has 0 bridgehead atoms. The Kier molecular flexibility index (Phi) is 3.46. The second-order valence-corrected chi connectivity index (χ2v) is 5.73. The summed E-state index contributed by atoms with van der Waals surface area (Å²) in [6.45, 7) is 5.04. The molecule has 2 aromatic rings.